The molecule has 1 aliphatic rings. The maximum Gasteiger partial charge on any atom is 0.323 e. The number of carboxylic acids is 1. The summed E-state index contributed by atoms with van der Waals surface area (Å²) < 4.78 is 1.71. The molecule has 0 amide bonds. The number of halogens is 1. The van der Waals surface area contributed by atoms with Crippen molar-refractivity contribution in [3.63, 3.8) is 0 Å². The van der Waals surface area contributed by atoms with Crippen molar-refractivity contribution >= 4 is 18.4 Å². The largest absolute Gasteiger partial charge is 0.480 e. The van der Waals surface area contributed by atoms with E-state index >= 15 is 0 Å². The Morgan fingerprint density at radius 1 is 1.69 bits per heavy atom. The van der Waals surface area contributed by atoms with E-state index in [-0.39, 0.29) is 19.0 Å². The molecule has 1 saturated carbocycles. The van der Waals surface area contributed by atoms with Crippen LogP contribution in [-0.2, 0) is 11.3 Å². The van der Waals surface area contributed by atoms with E-state index < -0.39 is 5.97 Å². The zero-order chi connectivity index (χ0) is 8.55. The Morgan fingerprint density at radius 2 is 2.38 bits per heavy atom. The molecule has 0 aromatic carbocycles. The van der Waals surface area contributed by atoms with Gasteiger partial charge in [0.05, 0.1) is 0 Å². The Hall–Kier alpha value is -1.03. The number of carboxylic acid groups (broad SMARTS) is 1. The molecule has 1 aromatic heterocycles. The van der Waals surface area contributed by atoms with Crippen LogP contribution in [-0.4, -0.2) is 20.6 Å². The van der Waals surface area contributed by atoms with Gasteiger partial charge in [0, 0.05) is 18.3 Å². The van der Waals surface area contributed by atoms with Crippen LogP contribution in [0.5, 0.6) is 0 Å². The van der Waals surface area contributed by atoms with E-state index in [0.717, 1.165) is 18.7 Å². The van der Waals surface area contributed by atoms with Crippen LogP contribution in [0.3, 0.4) is 0 Å². The molecular weight excluding hydrogens is 192 g/mol. The Labute approximate surface area is 82.0 Å². The van der Waals surface area contributed by atoms with Crippen molar-refractivity contribution in [3.05, 3.63) is 18.2 Å². The van der Waals surface area contributed by atoms with Gasteiger partial charge in [-0.25, -0.2) is 4.98 Å². The Balaban J connectivity index is 0.000000845. The van der Waals surface area contributed by atoms with E-state index in [0.29, 0.717) is 5.92 Å². The number of rotatable bonds is 3. The van der Waals surface area contributed by atoms with Crippen molar-refractivity contribution < 1.29 is 9.90 Å². The fraction of sp³-hybridized carbons (Fsp3) is 0.500. The van der Waals surface area contributed by atoms with Gasteiger partial charge in [-0.1, -0.05) is 0 Å². The van der Waals surface area contributed by atoms with Gasteiger partial charge in [0.1, 0.15) is 12.4 Å². The highest BCUT2D eigenvalue weighted by molar-refractivity contribution is 5.85. The maximum absolute atomic E-state index is 10.4. The summed E-state index contributed by atoms with van der Waals surface area (Å²) in [7, 11) is 0. The Morgan fingerprint density at radius 3 is 2.92 bits per heavy atom. The molecule has 0 radical (unpaired) electrons. The van der Waals surface area contributed by atoms with Crippen LogP contribution < -0.4 is 0 Å². The second-order valence-corrected chi connectivity index (χ2v) is 3.08. The first-order chi connectivity index (χ1) is 5.77. The van der Waals surface area contributed by atoms with E-state index in [9.17, 15) is 4.79 Å². The number of aliphatic carboxylic acids is 1. The Bertz CT molecular complexity index is 307. The molecular formula is C8H11ClN2O2. The van der Waals surface area contributed by atoms with Crippen molar-refractivity contribution in [1.29, 1.82) is 0 Å². The van der Waals surface area contributed by atoms with Gasteiger partial charge in [-0.2, -0.15) is 0 Å². The van der Waals surface area contributed by atoms with Gasteiger partial charge in [0.15, 0.2) is 0 Å². The van der Waals surface area contributed by atoms with E-state index in [2.05, 4.69) is 4.98 Å². The number of nitrogens with zero attached hydrogens (tertiary/aromatic N) is 2. The number of hydrogen-bond donors (Lipinski definition) is 1. The summed E-state index contributed by atoms with van der Waals surface area (Å²) in [6, 6.07) is 0. The lowest BCUT2D eigenvalue weighted by atomic mass is 10.4. The molecule has 4 nitrogen and oxygen atoms in total. The summed E-state index contributed by atoms with van der Waals surface area (Å²) in [6.45, 7) is 0.0336. The smallest absolute Gasteiger partial charge is 0.323 e. The number of imidazole rings is 1. The summed E-state index contributed by atoms with van der Waals surface area (Å²) in [5.41, 5.74) is 0. The first kappa shape index (κ1) is 10.1. The van der Waals surface area contributed by atoms with Crippen molar-refractivity contribution in [1.82, 2.24) is 9.55 Å². The third-order valence-corrected chi connectivity index (χ3v) is 2.00. The standard InChI is InChI=1S/C8H10N2O2.ClH/c11-7(12)5-10-4-3-9-8(10)6-1-2-6;/h3-4,6H,1-2,5H2,(H,11,12);1H. The van der Waals surface area contributed by atoms with E-state index in [4.69, 9.17) is 5.11 Å². The molecule has 5 heteroatoms. The average molecular weight is 203 g/mol. The minimum Gasteiger partial charge on any atom is -0.480 e. The molecule has 2 rings (SSSR count). The second-order valence-electron chi connectivity index (χ2n) is 3.08. The summed E-state index contributed by atoms with van der Waals surface area (Å²) in [5.74, 6) is 0.631. The molecule has 0 atom stereocenters. The molecule has 1 heterocycles. The monoisotopic (exact) mass is 202 g/mol. The highest BCUT2D eigenvalue weighted by atomic mass is 35.5. The number of aromatic nitrogens is 2. The van der Waals surface area contributed by atoms with Crippen LogP contribution in [0.1, 0.15) is 24.6 Å². The van der Waals surface area contributed by atoms with Crippen molar-refractivity contribution in [3.8, 4) is 0 Å². The maximum atomic E-state index is 10.4. The van der Waals surface area contributed by atoms with Crippen LogP contribution in [0.25, 0.3) is 0 Å². The van der Waals surface area contributed by atoms with Gasteiger partial charge in [-0.15, -0.1) is 12.4 Å². The van der Waals surface area contributed by atoms with Crippen LogP contribution >= 0.6 is 12.4 Å². The lowest BCUT2D eigenvalue weighted by Gasteiger charge is -2.01. The van der Waals surface area contributed by atoms with Gasteiger partial charge in [0.25, 0.3) is 0 Å². The van der Waals surface area contributed by atoms with Crippen molar-refractivity contribution in [2.75, 3.05) is 0 Å². The molecule has 72 valence electrons. The summed E-state index contributed by atoms with van der Waals surface area (Å²) in [6.07, 6.45) is 5.69. The average Bonchev–Trinajstić information content (AvgIpc) is 2.73. The molecule has 0 aliphatic heterocycles. The molecule has 0 unspecified atom stereocenters. The van der Waals surface area contributed by atoms with E-state index in [1.54, 1.807) is 17.0 Å². The number of carbonyl (C=O) groups is 1. The van der Waals surface area contributed by atoms with Gasteiger partial charge >= 0.3 is 5.97 Å². The quantitative estimate of drug-likeness (QED) is 0.803. The third-order valence-electron chi connectivity index (χ3n) is 2.00. The van der Waals surface area contributed by atoms with Gasteiger partial charge in [-0.05, 0) is 12.8 Å². The van der Waals surface area contributed by atoms with E-state index in [1.807, 2.05) is 0 Å². The third kappa shape index (κ3) is 2.21. The fourth-order valence-corrected chi connectivity index (χ4v) is 1.30. The molecule has 1 aromatic rings. The van der Waals surface area contributed by atoms with Crippen molar-refractivity contribution in [2.24, 2.45) is 0 Å². The van der Waals surface area contributed by atoms with Gasteiger partial charge < -0.3 is 9.67 Å². The summed E-state index contributed by atoms with van der Waals surface area (Å²) >= 11 is 0. The lowest BCUT2D eigenvalue weighted by Crippen LogP contribution is -2.10. The lowest BCUT2D eigenvalue weighted by molar-refractivity contribution is -0.137. The molecule has 13 heavy (non-hydrogen) atoms. The fourth-order valence-electron chi connectivity index (χ4n) is 1.30. The summed E-state index contributed by atoms with van der Waals surface area (Å²) in [4.78, 5) is 14.5. The zero-order valence-electron chi connectivity index (χ0n) is 7.01. The SMILES string of the molecule is Cl.O=C(O)Cn1ccnc1C1CC1. The minimum absolute atomic E-state index is 0. The zero-order valence-corrected chi connectivity index (χ0v) is 7.83. The van der Waals surface area contributed by atoms with Crippen LogP contribution in [0.4, 0.5) is 0 Å². The molecule has 0 bridgehead atoms. The van der Waals surface area contributed by atoms with Crippen molar-refractivity contribution in [2.45, 2.75) is 25.3 Å². The molecule has 1 N–H and O–H groups in total. The van der Waals surface area contributed by atoms with Crippen LogP contribution in [0.2, 0.25) is 0 Å². The topological polar surface area (TPSA) is 55.1 Å². The number of hydrogen-bond acceptors (Lipinski definition) is 2. The minimum atomic E-state index is -0.810. The second kappa shape index (κ2) is 3.79. The first-order valence-electron chi connectivity index (χ1n) is 4.00. The van der Waals surface area contributed by atoms with E-state index in [1.165, 1.54) is 0 Å². The normalized spacial score (nSPS) is 15.1. The predicted molar refractivity (Wildman–Crippen MR) is 49.1 cm³/mol. The Kier molecular flexibility index (Phi) is 2.93. The van der Waals surface area contributed by atoms with Crippen LogP contribution in [0, 0.1) is 0 Å². The predicted octanol–water partition coefficient (Wildman–Crippen LogP) is 1.27. The molecule has 0 spiro atoms. The molecule has 0 saturated heterocycles. The molecule has 1 aliphatic carbocycles. The first-order valence-corrected chi connectivity index (χ1v) is 4.00. The highest BCUT2D eigenvalue weighted by Gasteiger charge is 2.28. The highest BCUT2D eigenvalue weighted by Crippen LogP contribution is 2.38. The summed E-state index contributed by atoms with van der Waals surface area (Å²) in [5, 5.41) is 8.56. The van der Waals surface area contributed by atoms with Crippen LogP contribution in [0.15, 0.2) is 12.4 Å². The van der Waals surface area contributed by atoms with Gasteiger partial charge in [0.2, 0.25) is 0 Å². The van der Waals surface area contributed by atoms with Gasteiger partial charge in [-0.3, -0.25) is 4.79 Å². The molecule has 1 fully saturated rings.